The zero-order valence-corrected chi connectivity index (χ0v) is 14.2. The Hall–Kier alpha value is -2.43. The van der Waals surface area contributed by atoms with Crippen LogP contribution in [0.5, 0.6) is 0 Å². The summed E-state index contributed by atoms with van der Waals surface area (Å²) in [6.07, 6.45) is -4.53. The number of alkyl halides is 3. The number of hydrogen-bond donors (Lipinski definition) is 1. The molecule has 2 heterocycles. The Morgan fingerprint density at radius 3 is 2.65 bits per heavy atom. The summed E-state index contributed by atoms with van der Waals surface area (Å²) in [7, 11) is -1.88. The monoisotopic (exact) mass is 391 g/mol. The van der Waals surface area contributed by atoms with Gasteiger partial charge >= 0.3 is 6.18 Å². The molecule has 1 aliphatic heterocycles. The molecule has 0 aliphatic carbocycles. The molecule has 1 amide bonds. The Bertz CT molecular complexity index is 996. The van der Waals surface area contributed by atoms with Gasteiger partial charge in [-0.25, -0.2) is 12.8 Å². The number of rotatable bonds is 2. The third-order valence-electron chi connectivity index (χ3n) is 4.05. The molecule has 140 valence electrons. The predicted molar refractivity (Wildman–Crippen MR) is 83.8 cm³/mol. The zero-order chi connectivity index (χ0) is 19.3. The number of halogens is 4. The van der Waals surface area contributed by atoms with Crippen LogP contribution in [-0.4, -0.2) is 29.9 Å². The van der Waals surface area contributed by atoms with Gasteiger partial charge in [0.15, 0.2) is 15.5 Å². The van der Waals surface area contributed by atoms with Crippen LogP contribution in [0.25, 0.3) is 0 Å². The molecule has 0 saturated heterocycles. The Morgan fingerprint density at radius 2 is 2.00 bits per heavy atom. The number of fused-ring (bicyclic) bond motifs is 1. The molecule has 2 aromatic rings. The summed E-state index contributed by atoms with van der Waals surface area (Å²) in [5, 5.41) is 6.00. The van der Waals surface area contributed by atoms with Crippen molar-refractivity contribution in [2.45, 2.75) is 18.3 Å². The van der Waals surface area contributed by atoms with Gasteiger partial charge in [0.2, 0.25) is 0 Å². The highest BCUT2D eigenvalue weighted by Gasteiger charge is 2.33. The number of hydrogen-bond acceptors (Lipinski definition) is 4. The molecule has 1 aromatic heterocycles. The van der Waals surface area contributed by atoms with Gasteiger partial charge in [-0.2, -0.15) is 18.3 Å². The van der Waals surface area contributed by atoms with Crippen LogP contribution in [0.1, 0.15) is 27.3 Å². The van der Waals surface area contributed by atoms with E-state index in [4.69, 9.17) is 0 Å². The largest absolute Gasteiger partial charge is 0.416 e. The van der Waals surface area contributed by atoms with Crippen molar-refractivity contribution < 1.29 is 30.8 Å². The van der Waals surface area contributed by atoms with Gasteiger partial charge in [0.1, 0.15) is 5.82 Å². The molecule has 0 radical (unpaired) electrons. The highest BCUT2D eigenvalue weighted by atomic mass is 32.2. The van der Waals surface area contributed by atoms with Crippen LogP contribution in [0.15, 0.2) is 18.2 Å². The zero-order valence-electron chi connectivity index (χ0n) is 13.4. The fourth-order valence-electron chi connectivity index (χ4n) is 2.77. The van der Waals surface area contributed by atoms with E-state index in [-0.39, 0.29) is 23.4 Å². The van der Waals surface area contributed by atoms with Crippen LogP contribution in [0.4, 0.5) is 23.2 Å². The lowest BCUT2D eigenvalue weighted by Gasteiger charge is -2.14. The quantitative estimate of drug-likeness (QED) is 0.797. The average Bonchev–Trinajstić information content (AvgIpc) is 2.83. The molecule has 1 N–H and O–H groups in total. The SMILES string of the molecule is Cn1nc(C(=O)Nc2cc(C(F)(F)F)ccc2F)c2c1CCS(=O)(=O)C2. The van der Waals surface area contributed by atoms with Gasteiger partial charge in [-0.15, -0.1) is 0 Å². The van der Waals surface area contributed by atoms with Gasteiger partial charge in [-0.05, 0) is 18.2 Å². The third kappa shape index (κ3) is 3.43. The number of amides is 1. The number of aromatic nitrogens is 2. The smallest absolute Gasteiger partial charge is 0.318 e. The number of anilines is 1. The van der Waals surface area contributed by atoms with Crippen molar-refractivity contribution in [2.75, 3.05) is 11.1 Å². The summed E-state index contributed by atoms with van der Waals surface area (Å²) in [5.74, 6) is -2.51. The molecule has 0 atom stereocenters. The van der Waals surface area contributed by atoms with Crippen LogP contribution < -0.4 is 5.32 Å². The highest BCUT2D eigenvalue weighted by Crippen LogP contribution is 2.32. The molecule has 6 nitrogen and oxygen atoms in total. The van der Waals surface area contributed by atoms with E-state index in [1.165, 1.54) is 11.7 Å². The van der Waals surface area contributed by atoms with Crippen molar-refractivity contribution in [1.82, 2.24) is 9.78 Å². The van der Waals surface area contributed by atoms with Crippen molar-refractivity contribution >= 4 is 21.4 Å². The van der Waals surface area contributed by atoms with Crippen LogP contribution >= 0.6 is 0 Å². The Balaban J connectivity index is 1.95. The average molecular weight is 391 g/mol. The molecule has 0 unspecified atom stereocenters. The fourth-order valence-corrected chi connectivity index (χ4v) is 4.16. The Morgan fingerprint density at radius 1 is 1.31 bits per heavy atom. The summed E-state index contributed by atoms with van der Waals surface area (Å²) in [6, 6.07) is 1.62. The second-order valence-electron chi connectivity index (χ2n) is 5.89. The van der Waals surface area contributed by atoms with Crippen LogP contribution in [0, 0.1) is 5.82 Å². The molecule has 3 rings (SSSR count). The van der Waals surface area contributed by atoms with Crippen LogP contribution in [-0.2, 0) is 35.2 Å². The van der Waals surface area contributed by atoms with Crippen molar-refractivity contribution in [1.29, 1.82) is 0 Å². The maximum Gasteiger partial charge on any atom is 0.416 e. The molecule has 0 saturated carbocycles. The molecular formula is C15H13F4N3O3S. The number of carbonyl (C=O) groups excluding carboxylic acids is 1. The summed E-state index contributed by atoms with van der Waals surface area (Å²) < 4.78 is 77.0. The maximum absolute atomic E-state index is 13.8. The minimum atomic E-state index is -4.70. The normalized spacial score (nSPS) is 16.2. The van der Waals surface area contributed by atoms with E-state index in [1.54, 1.807) is 0 Å². The molecule has 1 aliphatic rings. The minimum Gasteiger partial charge on any atom is -0.318 e. The van der Waals surface area contributed by atoms with Crippen molar-refractivity contribution in [3.8, 4) is 0 Å². The first-order valence-corrected chi connectivity index (χ1v) is 9.23. The molecular weight excluding hydrogens is 378 g/mol. The van der Waals surface area contributed by atoms with Crippen molar-refractivity contribution in [2.24, 2.45) is 7.05 Å². The first kappa shape index (κ1) is 18.4. The molecule has 0 spiro atoms. The highest BCUT2D eigenvalue weighted by molar-refractivity contribution is 7.90. The summed E-state index contributed by atoms with van der Waals surface area (Å²) in [6.45, 7) is 0. The van der Waals surface area contributed by atoms with E-state index in [2.05, 4.69) is 5.10 Å². The van der Waals surface area contributed by atoms with Gasteiger partial charge in [0.05, 0.1) is 22.8 Å². The lowest BCUT2D eigenvalue weighted by atomic mass is 10.1. The number of benzene rings is 1. The minimum absolute atomic E-state index is 0.0805. The first-order chi connectivity index (χ1) is 12.0. The Labute approximate surface area is 145 Å². The van der Waals surface area contributed by atoms with E-state index in [0.29, 0.717) is 23.9 Å². The molecule has 0 fully saturated rings. The van der Waals surface area contributed by atoms with E-state index < -0.39 is 44.7 Å². The number of aryl methyl sites for hydroxylation is 1. The van der Waals surface area contributed by atoms with Gasteiger partial charge in [0, 0.05) is 24.7 Å². The van der Waals surface area contributed by atoms with Gasteiger partial charge in [-0.3, -0.25) is 9.48 Å². The van der Waals surface area contributed by atoms with E-state index in [1.807, 2.05) is 5.32 Å². The van der Waals surface area contributed by atoms with Crippen LogP contribution in [0.2, 0.25) is 0 Å². The lowest BCUT2D eigenvalue weighted by molar-refractivity contribution is -0.137. The Kier molecular flexibility index (Phi) is 4.29. The molecule has 0 bridgehead atoms. The summed E-state index contributed by atoms with van der Waals surface area (Å²) in [5.41, 5.74) is -1.30. The van der Waals surface area contributed by atoms with E-state index in [0.717, 1.165) is 0 Å². The topological polar surface area (TPSA) is 81.1 Å². The van der Waals surface area contributed by atoms with Gasteiger partial charge in [-0.1, -0.05) is 0 Å². The van der Waals surface area contributed by atoms with Gasteiger partial charge < -0.3 is 5.32 Å². The molecule has 1 aromatic carbocycles. The van der Waals surface area contributed by atoms with E-state index in [9.17, 15) is 30.8 Å². The maximum atomic E-state index is 13.8. The number of nitrogens with one attached hydrogen (secondary N) is 1. The molecule has 26 heavy (non-hydrogen) atoms. The standard InChI is InChI=1S/C15H13F4N3O3S/c1-22-12-4-5-26(24,25)7-9(12)13(21-22)14(23)20-11-6-8(15(17,18)19)2-3-10(11)16/h2-3,6H,4-5,7H2,1H3,(H,20,23). The lowest BCUT2D eigenvalue weighted by Crippen LogP contribution is -2.22. The van der Waals surface area contributed by atoms with Gasteiger partial charge in [0.25, 0.3) is 5.91 Å². The second kappa shape index (κ2) is 6.08. The van der Waals surface area contributed by atoms with Crippen LogP contribution in [0.3, 0.4) is 0 Å². The third-order valence-corrected chi connectivity index (χ3v) is 5.60. The number of carbonyl (C=O) groups is 1. The summed E-state index contributed by atoms with van der Waals surface area (Å²) >= 11 is 0. The summed E-state index contributed by atoms with van der Waals surface area (Å²) in [4.78, 5) is 12.4. The number of sulfone groups is 1. The number of nitrogens with zero attached hydrogens (tertiary/aromatic N) is 2. The van der Waals surface area contributed by atoms with Crippen molar-refractivity contribution in [3.63, 3.8) is 0 Å². The predicted octanol–water partition coefficient (Wildman–Crippen LogP) is 2.30. The van der Waals surface area contributed by atoms with Crippen molar-refractivity contribution in [3.05, 3.63) is 46.5 Å². The molecule has 11 heteroatoms. The first-order valence-electron chi connectivity index (χ1n) is 7.41. The fraction of sp³-hybridized carbons (Fsp3) is 0.333. The second-order valence-corrected chi connectivity index (χ2v) is 8.07. The van der Waals surface area contributed by atoms with E-state index >= 15 is 0 Å².